The fraction of sp³-hybridized carbons (Fsp3) is 0.225. The Labute approximate surface area is 293 Å². The summed E-state index contributed by atoms with van der Waals surface area (Å²) in [7, 11) is 0. The van der Waals surface area contributed by atoms with Crippen LogP contribution in [0, 0.1) is 13.5 Å². The fourth-order valence-corrected chi connectivity index (χ4v) is 8.25. The third kappa shape index (κ3) is 5.84. The van der Waals surface area contributed by atoms with E-state index in [2.05, 4.69) is 22.0 Å². The van der Waals surface area contributed by atoms with Crippen molar-refractivity contribution in [3.63, 3.8) is 0 Å². The highest BCUT2D eigenvalue weighted by molar-refractivity contribution is 7.99. The number of fused-ring (bicyclic) bond motifs is 2. The molecule has 0 amide bonds. The summed E-state index contributed by atoms with van der Waals surface area (Å²) >= 11 is 1.18. The number of carboxylic acid groups (broad SMARTS) is 2. The number of aryl methyl sites for hydroxylation is 1. The zero-order valence-corrected chi connectivity index (χ0v) is 28.4. The maximum Gasteiger partial charge on any atom is 0.335 e. The van der Waals surface area contributed by atoms with E-state index in [0.29, 0.717) is 66.7 Å². The highest BCUT2D eigenvalue weighted by Crippen LogP contribution is 2.53. The molecule has 5 aromatic rings. The molecule has 0 unspecified atom stereocenters. The third-order valence-corrected chi connectivity index (χ3v) is 10.6. The summed E-state index contributed by atoms with van der Waals surface area (Å²) < 4.78 is 0. The Balaban J connectivity index is 1.57. The van der Waals surface area contributed by atoms with Crippen molar-refractivity contribution in [3.8, 4) is 11.1 Å². The van der Waals surface area contributed by atoms with Crippen molar-refractivity contribution in [1.29, 1.82) is 0 Å². The quantitative estimate of drug-likeness (QED) is 0.128. The van der Waals surface area contributed by atoms with Gasteiger partial charge in [0.05, 0.1) is 34.5 Å². The van der Waals surface area contributed by atoms with E-state index in [1.807, 2.05) is 55.5 Å². The number of hydrogen-bond acceptors (Lipinski definition) is 7. The van der Waals surface area contributed by atoms with E-state index >= 15 is 0 Å². The van der Waals surface area contributed by atoms with Gasteiger partial charge < -0.3 is 20.4 Å². The van der Waals surface area contributed by atoms with Gasteiger partial charge in [-0.1, -0.05) is 73.0 Å². The first-order valence-corrected chi connectivity index (χ1v) is 17.5. The molecule has 1 fully saturated rings. The van der Waals surface area contributed by atoms with Gasteiger partial charge in [-0.15, -0.1) is 0 Å². The number of carbonyl (C=O) groups is 3. The standard InChI is InChI=1S/C40H34N4O5S/c1-4-44(26-10-6-5-7-11-26)38-36(41-3)32-28-12-8-9-13-29(28)37(45)33-30(42-25-16-14-22(2)15-17-25)21-31(35(43-38)34(32)33)50-27-19-23(39(46)47)18-24(20-27)40(48)49/h8-9,12-21,26,42H,4-7,10-11H2,1-2H3,(H,46,47)(H,48,49). The van der Waals surface area contributed by atoms with Gasteiger partial charge in [-0.05, 0) is 68.7 Å². The lowest BCUT2D eigenvalue weighted by atomic mass is 9.82. The number of carbonyl (C=O) groups excluding carboxylic acids is 1. The van der Waals surface area contributed by atoms with Crippen molar-refractivity contribution < 1.29 is 24.6 Å². The fourth-order valence-electron chi connectivity index (χ4n) is 7.20. The first kappa shape index (κ1) is 32.9. The number of pyridine rings is 1. The van der Waals surface area contributed by atoms with Crippen molar-refractivity contribution >= 4 is 63.3 Å². The summed E-state index contributed by atoms with van der Waals surface area (Å²) in [4.78, 5) is 51.2. The first-order chi connectivity index (χ1) is 24.2. The molecule has 4 aromatic carbocycles. The van der Waals surface area contributed by atoms with Crippen molar-refractivity contribution in [2.24, 2.45) is 0 Å². The predicted molar refractivity (Wildman–Crippen MR) is 196 cm³/mol. The molecule has 2 aliphatic carbocycles. The molecule has 0 saturated heterocycles. The second kappa shape index (κ2) is 13.3. The second-order valence-corrected chi connectivity index (χ2v) is 13.8. The Morgan fingerprint density at radius 2 is 1.60 bits per heavy atom. The molecule has 0 bridgehead atoms. The van der Waals surface area contributed by atoms with Gasteiger partial charge in [0.1, 0.15) is 5.82 Å². The number of benzene rings is 4. The molecule has 7 rings (SSSR count). The normalized spacial score (nSPS) is 13.8. The average Bonchev–Trinajstić information content (AvgIpc) is 3.12. The topological polar surface area (TPSA) is 124 Å². The van der Waals surface area contributed by atoms with Crippen LogP contribution in [0.3, 0.4) is 0 Å². The summed E-state index contributed by atoms with van der Waals surface area (Å²) in [5.41, 5.74) is 5.08. The molecular weight excluding hydrogens is 649 g/mol. The number of nitrogens with one attached hydrogen (secondary N) is 1. The zero-order chi connectivity index (χ0) is 35.1. The predicted octanol–water partition coefficient (Wildman–Crippen LogP) is 9.76. The van der Waals surface area contributed by atoms with Gasteiger partial charge >= 0.3 is 11.9 Å². The van der Waals surface area contributed by atoms with E-state index in [4.69, 9.17) is 11.6 Å². The lowest BCUT2D eigenvalue weighted by molar-refractivity contribution is 0.0696. The molecule has 0 spiro atoms. The molecule has 0 atom stereocenters. The molecule has 1 saturated carbocycles. The number of aromatic nitrogens is 1. The van der Waals surface area contributed by atoms with Gasteiger partial charge in [0, 0.05) is 44.6 Å². The Morgan fingerprint density at radius 3 is 2.22 bits per heavy atom. The van der Waals surface area contributed by atoms with Gasteiger partial charge in [-0.25, -0.2) is 19.4 Å². The van der Waals surface area contributed by atoms with Gasteiger partial charge in [0.2, 0.25) is 5.69 Å². The average molecular weight is 683 g/mol. The molecule has 0 aliphatic heterocycles. The number of ketones is 1. The van der Waals surface area contributed by atoms with Crippen LogP contribution >= 0.6 is 11.8 Å². The molecule has 10 heteroatoms. The lowest BCUT2D eigenvalue weighted by Gasteiger charge is -2.36. The highest BCUT2D eigenvalue weighted by Gasteiger charge is 2.35. The van der Waals surface area contributed by atoms with Crippen LogP contribution in [0.5, 0.6) is 0 Å². The number of rotatable bonds is 9. The summed E-state index contributed by atoms with van der Waals surface area (Å²) in [6.45, 7) is 13.2. The molecular formula is C40H34N4O5S. The largest absolute Gasteiger partial charge is 0.478 e. The SMILES string of the molecule is [C-]#[N+]c1c(N(CC)C2CCCCC2)nc2c(Sc3cc(C(=O)O)cc(C(=O)O)c3)cc(Nc3ccc(C)cc3)c3c2c1-c1ccccc1C3=O. The van der Waals surface area contributed by atoms with Gasteiger partial charge in [-0.3, -0.25) is 4.79 Å². The molecule has 250 valence electrons. The van der Waals surface area contributed by atoms with Gasteiger partial charge in [-0.2, -0.15) is 0 Å². The minimum atomic E-state index is -1.25. The van der Waals surface area contributed by atoms with E-state index in [9.17, 15) is 24.6 Å². The maximum atomic E-state index is 14.5. The zero-order valence-electron chi connectivity index (χ0n) is 27.6. The number of nitrogens with zero attached hydrogens (tertiary/aromatic N) is 3. The van der Waals surface area contributed by atoms with E-state index in [-0.39, 0.29) is 23.0 Å². The Hall–Kier alpha value is -5.66. The lowest BCUT2D eigenvalue weighted by Crippen LogP contribution is -2.37. The monoisotopic (exact) mass is 682 g/mol. The van der Waals surface area contributed by atoms with Crippen LogP contribution < -0.4 is 10.2 Å². The smallest absolute Gasteiger partial charge is 0.335 e. The Morgan fingerprint density at radius 1 is 0.940 bits per heavy atom. The first-order valence-electron chi connectivity index (χ1n) is 16.6. The molecule has 1 aromatic heterocycles. The number of anilines is 3. The second-order valence-electron chi connectivity index (χ2n) is 12.7. The van der Waals surface area contributed by atoms with Crippen molar-refractivity contribution in [3.05, 3.63) is 112 Å². The Bertz CT molecular complexity index is 2220. The van der Waals surface area contributed by atoms with Crippen LogP contribution in [0.15, 0.2) is 82.6 Å². The molecule has 9 nitrogen and oxygen atoms in total. The van der Waals surface area contributed by atoms with Crippen molar-refractivity contribution in [2.75, 3.05) is 16.8 Å². The van der Waals surface area contributed by atoms with E-state index in [1.54, 1.807) is 6.07 Å². The molecule has 0 radical (unpaired) electrons. The van der Waals surface area contributed by atoms with E-state index in [1.165, 1.54) is 30.3 Å². The molecule has 50 heavy (non-hydrogen) atoms. The van der Waals surface area contributed by atoms with Crippen LogP contribution in [-0.2, 0) is 0 Å². The van der Waals surface area contributed by atoms with Crippen molar-refractivity contribution in [2.45, 2.75) is 61.8 Å². The van der Waals surface area contributed by atoms with Gasteiger partial charge in [0.15, 0.2) is 5.78 Å². The van der Waals surface area contributed by atoms with E-state index < -0.39 is 11.9 Å². The molecule has 1 heterocycles. The maximum absolute atomic E-state index is 14.5. The minimum Gasteiger partial charge on any atom is -0.478 e. The van der Waals surface area contributed by atoms with Gasteiger partial charge in [0.25, 0.3) is 0 Å². The highest BCUT2D eigenvalue weighted by atomic mass is 32.2. The minimum absolute atomic E-state index is 0.157. The van der Waals surface area contributed by atoms with Crippen LogP contribution in [0.2, 0.25) is 0 Å². The van der Waals surface area contributed by atoms with Crippen LogP contribution in [0.1, 0.15) is 81.2 Å². The number of aromatic carboxylic acids is 2. The van der Waals surface area contributed by atoms with E-state index in [0.717, 1.165) is 43.0 Å². The van der Waals surface area contributed by atoms with Crippen LogP contribution in [0.4, 0.5) is 22.9 Å². The van der Waals surface area contributed by atoms with Crippen molar-refractivity contribution in [1.82, 2.24) is 4.98 Å². The Kier molecular flexibility index (Phi) is 8.76. The number of carboxylic acids is 2. The van der Waals surface area contributed by atoms with Crippen LogP contribution in [-0.4, -0.2) is 45.5 Å². The summed E-state index contributed by atoms with van der Waals surface area (Å²) in [6.07, 6.45) is 5.34. The summed E-state index contributed by atoms with van der Waals surface area (Å²) in [5, 5.41) is 23.6. The third-order valence-electron chi connectivity index (χ3n) is 9.55. The summed E-state index contributed by atoms with van der Waals surface area (Å²) in [5.74, 6) is -2.14. The number of hydrogen-bond donors (Lipinski definition) is 3. The summed E-state index contributed by atoms with van der Waals surface area (Å²) in [6, 6.07) is 21.2. The molecule has 3 N–H and O–H groups in total. The van der Waals surface area contributed by atoms with Crippen LogP contribution in [0.25, 0.3) is 26.9 Å². The molecule has 2 aliphatic rings.